The number of aryl methyl sites for hydroxylation is 1. The van der Waals surface area contributed by atoms with Crippen molar-refractivity contribution in [2.24, 2.45) is 0 Å². The Bertz CT molecular complexity index is 1180. The molecule has 1 amide bonds. The number of H-pyrrole nitrogens is 1. The molecule has 0 bridgehead atoms. The van der Waals surface area contributed by atoms with Gasteiger partial charge in [0.25, 0.3) is 5.91 Å². The highest BCUT2D eigenvalue weighted by Gasteiger charge is 2.14. The molecule has 0 spiro atoms. The minimum absolute atomic E-state index is 0.225. The maximum absolute atomic E-state index is 12.5. The van der Waals surface area contributed by atoms with Crippen molar-refractivity contribution in [3.05, 3.63) is 60.2 Å². The van der Waals surface area contributed by atoms with Crippen LogP contribution >= 0.6 is 0 Å². The van der Waals surface area contributed by atoms with Crippen molar-refractivity contribution < 1.29 is 14.3 Å². The van der Waals surface area contributed by atoms with Gasteiger partial charge in [-0.2, -0.15) is 5.10 Å². The van der Waals surface area contributed by atoms with Crippen LogP contribution < -0.4 is 14.8 Å². The third kappa shape index (κ3) is 3.74. The van der Waals surface area contributed by atoms with E-state index in [2.05, 4.69) is 33.1 Å². The molecule has 0 radical (unpaired) electrons. The summed E-state index contributed by atoms with van der Waals surface area (Å²) in [7, 11) is 1.66. The molecular weight excluding hydrogens is 380 g/mol. The fourth-order valence-corrected chi connectivity index (χ4v) is 3.51. The molecular formula is C23H24N4O3. The first-order valence-corrected chi connectivity index (χ1v) is 9.90. The molecule has 0 aliphatic heterocycles. The second-order valence-electron chi connectivity index (χ2n) is 6.78. The number of fused-ring (bicyclic) bond motifs is 1. The Labute approximate surface area is 174 Å². The SMILES string of the molecule is CCOc1ccc(C(=O)Nc2cc(-c3cc4cc(OC)ccc4n3CC)[nH]n2)cc1. The number of nitrogens with zero attached hydrogens (tertiary/aromatic N) is 2. The summed E-state index contributed by atoms with van der Waals surface area (Å²) in [6.45, 7) is 5.41. The number of aromatic amines is 1. The van der Waals surface area contributed by atoms with Gasteiger partial charge in [0.2, 0.25) is 0 Å². The van der Waals surface area contributed by atoms with Crippen LogP contribution in [-0.4, -0.2) is 34.4 Å². The molecule has 0 aliphatic rings. The van der Waals surface area contributed by atoms with E-state index in [0.717, 1.165) is 40.3 Å². The number of nitrogens with one attached hydrogen (secondary N) is 2. The lowest BCUT2D eigenvalue weighted by atomic mass is 10.2. The van der Waals surface area contributed by atoms with Crippen LogP contribution in [0, 0.1) is 0 Å². The van der Waals surface area contributed by atoms with Crippen LogP contribution in [-0.2, 0) is 6.54 Å². The van der Waals surface area contributed by atoms with E-state index in [0.29, 0.717) is 18.0 Å². The van der Waals surface area contributed by atoms with Crippen molar-refractivity contribution in [3.8, 4) is 22.9 Å². The summed E-state index contributed by atoms with van der Waals surface area (Å²) in [5.74, 6) is 1.79. The predicted molar refractivity (Wildman–Crippen MR) is 117 cm³/mol. The number of carbonyl (C=O) groups excluding carboxylic acids is 1. The zero-order valence-corrected chi connectivity index (χ0v) is 17.2. The summed E-state index contributed by atoms with van der Waals surface area (Å²) in [6.07, 6.45) is 0. The van der Waals surface area contributed by atoms with Gasteiger partial charge in [-0.25, -0.2) is 0 Å². The van der Waals surface area contributed by atoms with Crippen LogP contribution in [0.1, 0.15) is 24.2 Å². The van der Waals surface area contributed by atoms with Gasteiger partial charge in [0, 0.05) is 29.1 Å². The summed E-state index contributed by atoms with van der Waals surface area (Å²) in [4.78, 5) is 12.5. The lowest BCUT2D eigenvalue weighted by molar-refractivity contribution is 0.102. The number of hydrogen-bond acceptors (Lipinski definition) is 4. The highest BCUT2D eigenvalue weighted by atomic mass is 16.5. The van der Waals surface area contributed by atoms with Gasteiger partial charge in [-0.05, 0) is 62.4 Å². The van der Waals surface area contributed by atoms with Crippen molar-refractivity contribution >= 4 is 22.6 Å². The molecule has 0 saturated heterocycles. The van der Waals surface area contributed by atoms with Gasteiger partial charge < -0.3 is 19.4 Å². The van der Waals surface area contributed by atoms with Gasteiger partial charge in [-0.1, -0.05) is 0 Å². The number of hydrogen-bond donors (Lipinski definition) is 2. The first-order chi connectivity index (χ1) is 14.6. The van der Waals surface area contributed by atoms with Crippen molar-refractivity contribution in [2.75, 3.05) is 19.0 Å². The average Bonchev–Trinajstić information content (AvgIpc) is 3.37. The van der Waals surface area contributed by atoms with E-state index in [4.69, 9.17) is 9.47 Å². The molecule has 7 nitrogen and oxygen atoms in total. The van der Waals surface area contributed by atoms with E-state index in [9.17, 15) is 4.79 Å². The zero-order valence-electron chi connectivity index (χ0n) is 17.2. The average molecular weight is 404 g/mol. The summed E-state index contributed by atoms with van der Waals surface area (Å²) in [5, 5.41) is 11.2. The molecule has 4 rings (SSSR count). The molecule has 7 heteroatoms. The Morgan fingerprint density at radius 1 is 1.07 bits per heavy atom. The number of ether oxygens (including phenoxy) is 2. The van der Waals surface area contributed by atoms with E-state index >= 15 is 0 Å². The van der Waals surface area contributed by atoms with E-state index in [1.54, 1.807) is 31.4 Å². The molecule has 0 atom stereocenters. The van der Waals surface area contributed by atoms with Crippen LogP contribution in [0.4, 0.5) is 5.82 Å². The Balaban J connectivity index is 1.57. The molecule has 0 aliphatic carbocycles. The molecule has 2 aromatic heterocycles. The highest BCUT2D eigenvalue weighted by Crippen LogP contribution is 2.30. The third-order valence-corrected chi connectivity index (χ3v) is 4.95. The lowest BCUT2D eigenvalue weighted by Crippen LogP contribution is -2.12. The molecule has 2 aromatic carbocycles. The van der Waals surface area contributed by atoms with Gasteiger partial charge in [-0.3, -0.25) is 9.89 Å². The Morgan fingerprint density at radius 3 is 2.53 bits per heavy atom. The van der Waals surface area contributed by atoms with Crippen LogP contribution in [0.2, 0.25) is 0 Å². The lowest BCUT2D eigenvalue weighted by Gasteiger charge is -2.06. The number of carbonyl (C=O) groups is 1. The quantitative estimate of drug-likeness (QED) is 0.467. The second kappa shape index (κ2) is 8.32. The van der Waals surface area contributed by atoms with E-state index in [1.165, 1.54) is 0 Å². The fourth-order valence-electron chi connectivity index (χ4n) is 3.51. The van der Waals surface area contributed by atoms with Crippen molar-refractivity contribution in [2.45, 2.75) is 20.4 Å². The first kappa shape index (κ1) is 19.6. The van der Waals surface area contributed by atoms with Crippen LogP contribution in [0.25, 0.3) is 22.3 Å². The largest absolute Gasteiger partial charge is 0.497 e. The minimum Gasteiger partial charge on any atom is -0.497 e. The number of amides is 1. The van der Waals surface area contributed by atoms with Crippen LogP contribution in [0.5, 0.6) is 11.5 Å². The van der Waals surface area contributed by atoms with Gasteiger partial charge in [0.15, 0.2) is 5.82 Å². The van der Waals surface area contributed by atoms with Gasteiger partial charge in [0.1, 0.15) is 11.5 Å². The Hall–Kier alpha value is -3.74. The molecule has 2 heterocycles. The summed E-state index contributed by atoms with van der Waals surface area (Å²) in [5.41, 5.74) is 3.48. The molecule has 0 fully saturated rings. The van der Waals surface area contributed by atoms with E-state index in [1.807, 2.05) is 31.2 Å². The smallest absolute Gasteiger partial charge is 0.256 e. The second-order valence-corrected chi connectivity index (χ2v) is 6.78. The standard InChI is InChI=1S/C23H24N4O3/c1-4-27-20-11-10-18(29-3)12-16(20)13-21(27)19-14-22(26-25-19)24-23(28)15-6-8-17(9-7-15)30-5-2/h6-14H,4-5H2,1-3H3,(H2,24,25,26,28). The third-order valence-electron chi connectivity index (χ3n) is 4.95. The van der Waals surface area contributed by atoms with Crippen molar-refractivity contribution in [1.82, 2.24) is 14.8 Å². The van der Waals surface area contributed by atoms with Crippen LogP contribution in [0.15, 0.2) is 54.6 Å². The maximum Gasteiger partial charge on any atom is 0.256 e. The maximum atomic E-state index is 12.5. The normalized spacial score (nSPS) is 10.9. The first-order valence-electron chi connectivity index (χ1n) is 9.90. The molecule has 0 unspecified atom stereocenters. The Kier molecular flexibility index (Phi) is 5.43. The summed E-state index contributed by atoms with van der Waals surface area (Å²) < 4.78 is 12.9. The van der Waals surface area contributed by atoms with Crippen molar-refractivity contribution in [3.63, 3.8) is 0 Å². The molecule has 30 heavy (non-hydrogen) atoms. The number of methoxy groups -OCH3 is 1. The molecule has 2 N–H and O–H groups in total. The number of anilines is 1. The molecule has 154 valence electrons. The summed E-state index contributed by atoms with van der Waals surface area (Å²) in [6, 6.07) is 17.0. The van der Waals surface area contributed by atoms with Crippen LogP contribution in [0.3, 0.4) is 0 Å². The van der Waals surface area contributed by atoms with Gasteiger partial charge >= 0.3 is 0 Å². The van der Waals surface area contributed by atoms with Crippen molar-refractivity contribution in [1.29, 1.82) is 0 Å². The van der Waals surface area contributed by atoms with Gasteiger partial charge in [0.05, 0.1) is 25.1 Å². The number of aromatic nitrogens is 3. The molecule has 4 aromatic rings. The van der Waals surface area contributed by atoms with Gasteiger partial charge in [-0.15, -0.1) is 0 Å². The number of rotatable bonds is 7. The summed E-state index contributed by atoms with van der Waals surface area (Å²) >= 11 is 0. The Morgan fingerprint density at radius 2 is 1.83 bits per heavy atom. The predicted octanol–water partition coefficient (Wildman–Crippen LogP) is 4.71. The molecule has 0 saturated carbocycles. The minimum atomic E-state index is -0.225. The monoisotopic (exact) mass is 404 g/mol. The topological polar surface area (TPSA) is 81.2 Å². The zero-order chi connectivity index (χ0) is 21.1. The number of benzene rings is 2. The van der Waals surface area contributed by atoms with E-state index in [-0.39, 0.29) is 5.91 Å². The fraction of sp³-hybridized carbons (Fsp3) is 0.217. The van der Waals surface area contributed by atoms with E-state index < -0.39 is 0 Å². The highest BCUT2D eigenvalue weighted by molar-refractivity contribution is 6.04.